The Kier molecular flexibility index (Phi) is 3.98. The summed E-state index contributed by atoms with van der Waals surface area (Å²) in [6.45, 7) is 2.39. The Morgan fingerprint density at radius 3 is 2.87 bits per heavy atom. The molecule has 5 rings (SSSR count). The van der Waals surface area contributed by atoms with E-state index in [1.807, 2.05) is 13.0 Å². The van der Waals surface area contributed by atoms with Gasteiger partial charge in [0.15, 0.2) is 0 Å². The highest BCUT2D eigenvalue weighted by Crippen LogP contribution is 2.47. The van der Waals surface area contributed by atoms with Crippen LogP contribution in [0.1, 0.15) is 31.2 Å². The van der Waals surface area contributed by atoms with Crippen LogP contribution >= 0.6 is 0 Å². The van der Waals surface area contributed by atoms with Gasteiger partial charge in [0.1, 0.15) is 35.0 Å². The maximum Gasteiger partial charge on any atom is 0.277 e. The number of rotatable bonds is 5. The lowest BCUT2D eigenvalue weighted by Gasteiger charge is -2.13. The van der Waals surface area contributed by atoms with Gasteiger partial charge in [-0.25, -0.2) is 9.37 Å². The van der Waals surface area contributed by atoms with E-state index in [-0.39, 0.29) is 46.7 Å². The average Bonchev–Trinajstić information content (AvgIpc) is 3.15. The quantitative estimate of drug-likeness (QED) is 0.498. The summed E-state index contributed by atoms with van der Waals surface area (Å²) in [5, 5.41) is 13.5. The Morgan fingerprint density at radius 2 is 2.17 bits per heavy atom. The molecule has 3 heterocycles. The lowest BCUT2D eigenvalue weighted by atomic mass is 10.1. The molecule has 0 saturated heterocycles. The van der Waals surface area contributed by atoms with E-state index < -0.39 is 11.4 Å². The first kappa shape index (κ1) is 18.4. The second-order valence-corrected chi connectivity index (χ2v) is 7.65. The molecule has 30 heavy (non-hydrogen) atoms. The number of hydrogen-bond donors (Lipinski definition) is 0. The van der Waals surface area contributed by atoms with Gasteiger partial charge in [0, 0.05) is 19.1 Å². The van der Waals surface area contributed by atoms with Gasteiger partial charge in [-0.1, -0.05) is 12.1 Å². The third-order valence-electron chi connectivity index (χ3n) is 5.64. The predicted octanol–water partition coefficient (Wildman–Crippen LogP) is 2.41. The molecular formula is C20H17FN6O3. The van der Waals surface area contributed by atoms with Gasteiger partial charge in [-0.15, -0.1) is 0 Å². The molecule has 0 aliphatic heterocycles. The van der Waals surface area contributed by atoms with Crippen LogP contribution < -0.4 is 5.56 Å². The number of nitriles is 1. The molecule has 9 nitrogen and oxygen atoms in total. The summed E-state index contributed by atoms with van der Waals surface area (Å²) in [6.07, 6.45) is 3.38. The summed E-state index contributed by atoms with van der Waals surface area (Å²) in [4.78, 5) is 22.2. The van der Waals surface area contributed by atoms with E-state index in [1.165, 1.54) is 34.5 Å². The molecular weight excluding hydrogens is 391 g/mol. The molecule has 1 aliphatic rings. The molecule has 0 spiro atoms. The molecule has 0 bridgehead atoms. The molecule has 3 aromatic heterocycles. The zero-order valence-electron chi connectivity index (χ0n) is 16.3. The molecule has 4 aromatic rings. The lowest BCUT2D eigenvalue weighted by Crippen LogP contribution is -2.26. The number of hydrogen-bond acceptors (Lipinski definition) is 7. The van der Waals surface area contributed by atoms with Crippen molar-refractivity contribution in [1.82, 2.24) is 24.1 Å². The normalized spacial score (nSPS) is 15.0. The van der Waals surface area contributed by atoms with Gasteiger partial charge < -0.3 is 13.8 Å². The van der Waals surface area contributed by atoms with Crippen molar-refractivity contribution in [2.75, 3.05) is 13.7 Å². The third-order valence-corrected chi connectivity index (χ3v) is 5.64. The number of methoxy groups -OCH3 is 1. The van der Waals surface area contributed by atoms with Crippen LogP contribution in [0.25, 0.3) is 28.1 Å². The zero-order valence-corrected chi connectivity index (χ0v) is 16.3. The van der Waals surface area contributed by atoms with Gasteiger partial charge in [0.2, 0.25) is 11.7 Å². The SMILES string of the molecule is COCCn1c(=O)c2c(-c3noc(C4(C)CC4)n3)ncn2c2ccc(F)c(C#N)c21. The van der Waals surface area contributed by atoms with E-state index in [0.29, 0.717) is 11.4 Å². The van der Waals surface area contributed by atoms with Gasteiger partial charge >= 0.3 is 0 Å². The monoisotopic (exact) mass is 408 g/mol. The number of ether oxygens (including phenoxy) is 1. The third kappa shape index (κ3) is 2.55. The number of fused-ring (bicyclic) bond motifs is 3. The largest absolute Gasteiger partial charge is 0.383 e. The maximum atomic E-state index is 14.3. The van der Waals surface area contributed by atoms with E-state index in [1.54, 1.807) is 0 Å². The van der Waals surface area contributed by atoms with Crippen LogP contribution in [0.4, 0.5) is 4.39 Å². The minimum Gasteiger partial charge on any atom is -0.383 e. The van der Waals surface area contributed by atoms with Crippen molar-refractivity contribution < 1.29 is 13.7 Å². The molecule has 0 unspecified atom stereocenters. The Balaban J connectivity index is 1.83. The molecule has 1 fully saturated rings. The molecule has 0 N–H and O–H groups in total. The van der Waals surface area contributed by atoms with Crippen molar-refractivity contribution in [3.05, 3.63) is 46.1 Å². The zero-order chi connectivity index (χ0) is 21.0. The average molecular weight is 408 g/mol. The summed E-state index contributed by atoms with van der Waals surface area (Å²) in [5.41, 5.74) is 0.383. The van der Waals surface area contributed by atoms with Crippen LogP contribution in [-0.2, 0) is 16.7 Å². The van der Waals surface area contributed by atoms with Crippen LogP contribution in [-0.4, -0.2) is 37.8 Å². The number of imidazole rings is 1. The Hall–Kier alpha value is -3.58. The topological polar surface area (TPSA) is 111 Å². The van der Waals surface area contributed by atoms with Crippen molar-refractivity contribution in [2.24, 2.45) is 0 Å². The van der Waals surface area contributed by atoms with Gasteiger partial charge in [-0.2, -0.15) is 10.2 Å². The Morgan fingerprint density at radius 1 is 1.37 bits per heavy atom. The number of aromatic nitrogens is 5. The molecule has 1 saturated carbocycles. The maximum absolute atomic E-state index is 14.3. The summed E-state index contributed by atoms with van der Waals surface area (Å²) in [5.74, 6) is 0.0433. The van der Waals surface area contributed by atoms with Crippen molar-refractivity contribution in [1.29, 1.82) is 5.26 Å². The fourth-order valence-corrected chi connectivity index (χ4v) is 3.62. The van der Waals surface area contributed by atoms with Crippen LogP contribution in [0.2, 0.25) is 0 Å². The fourth-order valence-electron chi connectivity index (χ4n) is 3.62. The standard InChI is InChI=1S/C20H17FN6O3/c1-20(5-6-20)19-24-17(25-30-19)14-16-18(28)26(7-8-29-2)15-11(9-22)12(21)3-4-13(15)27(16)10-23-14/h3-4,10H,5-8H2,1-2H3. The Bertz CT molecular complexity index is 1410. The highest BCUT2D eigenvalue weighted by molar-refractivity contribution is 5.87. The van der Waals surface area contributed by atoms with Crippen molar-refractivity contribution in [3.8, 4) is 17.6 Å². The van der Waals surface area contributed by atoms with Crippen molar-refractivity contribution >= 4 is 16.6 Å². The van der Waals surface area contributed by atoms with E-state index in [4.69, 9.17) is 9.26 Å². The second kappa shape index (κ2) is 6.47. The van der Waals surface area contributed by atoms with Gasteiger partial charge in [-0.05, 0) is 25.0 Å². The molecule has 1 aliphatic carbocycles. The van der Waals surface area contributed by atoms with E-state index in [9.17, 15) is 14.4 Å². The predicted molar refractivity (Wildman–Crippen MR) is 103 cm³/mol. The molecule has 1 aromatic carbocycles. The number of nitrogens with zero attached hydrogens (tertiary/aromatic N) is 6. The van der Waals surface area contributed by atoms with Crippen LogP contribution in [0.15, 0.2) is 27.8 Å². The minimum absolute atomic E-state index is 0.120. The molecule has 10 heteroatoms. The summed E-state index contributed by atoms with van der Waals surface area (Å²) in [6, 6.07) is 4.58. The molecule has 152 valence electrons. The van der Waals surface area contributed by atoms with Crippen molar-refractivity contribution in [3.63, 3.8) is 0 Å². The van der Waals surface area contributed by atoms with Crippen molar-refractivity contribution in [2.45, 2.75) is 31.7 Å². The van der Waals surface area contributed by atoms with Crippen LogP contribution in [0, 0.1) is 17.1 Å². The van der Waals surface area contributed by atoms with Crippen LogP contribution in [0.3, 0.4) is 0 Å². The first-order chi connectivity index (χ1) is 14.5. The number of halogens is 1. The fraction of sp³-hybridized carbons (Fsp3) is 0.350. The first-order valence-electron chi connectivity index (χ1n) is 9.44. The van der Waals surface area contributed by atoms with Gasteiger partial charge in [-0.3, -0.25) is 9.20 Å². The first-order valence-corrected chi connectivity index (χ1v) is 9.44. The summed E-state index contributed by atoms with van der Waals surface area (Å²) < 4.78 is 27.7. The lowest BCUT2D eigenvalue weighted by molar-refractivity contribution is 0.187. The number of benzene rings is 1. The van der Waals surface area contributed by atoms with E-state index in [0.717, 1.165) is 12.8 Å². The van der Waals surface area contributed by atoms with E-state index >= 15 is 0 Å². The summed E-state index contributed by atoms with van der Waals surface area (Å²) >= 11 is 0. The second-order valence-electron chi connectivity index (χ2n) is 7.65. The molecule has 0 amide bonds. The summed E-state index contributed by atoms with van der Waals surface area (Å²) in [7, 11) is 1.50. The highest BCUT2D eigenvalue weighted by Gasteiger charge is 2.44. The van der Waals surface area contributed by atoms with Gasteiger partial charge in [0.25, 0.3) is 5.56 Å². The Labute approximate surface area is 169 Å². The molecule has 0 atom stereocenters. The smallest absolute Gasteiger partial charge is 0.277 e. The van der Waals surface area contributed by atoms with Gasteiger partial charge in [0.05, 0.1) is 17.6 Å². The molecule has 0 radical (unpaired) electrons. The van der Waals surface area contributed by atoms with E-state index in [2.05, 4.69) is 15.1 Å². The highest BCUT2D eigenvalue weighted by atomic mass is 19.1. The van der Waals surface area contributed by atoms with Crippen LogP contribution in [0.5, 0.6) is 0 Å². The minimum atomic E-state index is -0.698.